The third-order valence-corrected chi connectivity index (χ3v) is 3.74. The van der Waals surface area contributed by atoms with Crippen LogP contribution in [0.4, 0.5) is 0 Å². The van der Waals surface area contributed by atoms with Crippen molar-refractivity contribution in [3.8, 4) is 0 Å². The van der Waals surface area contributed by atoms with Crippen molar-refractivity contribution in [3.05, 3.63) is 15.9 Å². The summed E-state index contributed by atoms with van der Waals surface area (Å²) in [6.07, 6.45) is 3.56. The Morgan fingerprint density at radius 2 is 2.46 bits per heavy atom. The maximum Gasteiger partial charge on any atom is 0.107 e. The molecule has 2 N–H and O–H groups in total. The summed E-state index contributed by atoms with van der Waals surface area (Å²) in [7, 11) is 1.97. The number of nitrogens with zero attached hydrogens (tertiary/aromatic N) is 2. The third kappa shape index (κ3) is 1.42. The Morgan fingerprint density at radius 1 is 1.69 bits per heavy atom. The van der Waals surface area contributed by atoms with E-state index in [2.05, 4.69) is 21.0 Å². The normalized spacial score (nSPS) is 21.6. The van der Waals surface area contributed by atoms with E-state index in [1.807, 2.05) is 11.7 Å². The van der Waals surface area contributed by atoms with Crippen LogP contribution in [0.15, 0.2) is 4.60 Å². The highest BCUT2D eigenvalue weighted by atomic mass is 79.9. The summed E-state index contributed by atoms with van der Waals surface area (Å²) in [5.74, 6) is 0.473. The minimum atomic E-state index is 0.473. The van der Waals surface area contributed by atoms with Crippen LogP contribution in [-0.2, 0) is 13.5 Å². The van der Waals surface area contributed by atoms with Gasteiger partial charge in [0.25, 0.3) is 0 Å². The molecule has 0 spiro atoms. The van der Waals surface area contributed by atoms with Crippen LogP contribution in [0.2, 0.25) is 0 Å². The van der Waals surface area contributed by atoms with Crippen molar-refractivity contribution in [2.75, 3.05) is 6.54 Å². The fraction of sp³-hybridized carbons (Fsp3) is 0.667. The molecule has 3 nitrogen and oxygen atoms in total. The van der Waals surface area contributed by atoms with Gasteiger partial charge in [0.05, 0.1) is 5.69 Å². The van der Waals surface area contributed by atoms with E-state index in [1.165, 1.54) is 24.1 Å². The van der Waals surface area contributed by atoms with Gasteiger partial charge in [-0.05, 0) is 35.2 Å². The molecule has 0 aromatic carbocycles. The van der Waals surface area contributed by atoms with Crippen LogP contribution < -0.4 is 5.73 Å². The summed E-state index contributed by atoms with van der Waals surface area (Å²) >= 11 is 3.55. The van der Waals surface area contributed by atoms with Gasteiger partial charge in [0.1, 0.15) is 4.60 Å². The van der Waals surface area contributed by atoms with Crippen molar-refractivity contribution in [3.63, 3.8) is 0 Å². The Hall–Kier alpha value is -0.350. The van der Waals surface area contributed by atoms with E-state index in [0.717, 1.165) is 17.6 Å². The van der Waals surface area contributed by atoms with Gasteiger partial charge >= 0.3 is 0 Å². The van der Waals surface area contributed by atoms with Crippen molar-refractivity contribution >= 4 is 15.9 Å². The monoisotopic (exact) mass is 243 g/mol. The zero-order valence-electron chi connectivity index (χ0n) is 7.76. The van der Waals surface area contributed by atoms with Gasteiger partial charge in [-0.2, -0.15) is 5.10 Å². The molecule has 1 aromatic heterocycles. The summed E-state index contributed by atoms with van der Waals surface area (Å²) in [6, 6.07) is 0. The first kappa shape index (κ1) is 9.21. The number of nitrogens with two attached hydrogens (primary N) is 1. The number of aromatic nitrogens is 2. The minimum Gasteiger partial charge on any atom is -0.330 e. The molecule has 0 saturated carbocycles. The molecule has 0 amide bonds. The number of halogens is 1. The molecule has 1 heterocycles. The van der Waals surface area contributed by atoms with Gasteiger partial charge in [0.15, 0.2) is 0 Å². The van der Waals surface area contributed by atoms with E-state index >= 15 is 0 Å². The van der Waals surface area contributed by atoms with Crippen molar-refractivity contribution in [2.24, 2.45) is 12.8 Å². The van der Waals surface area contributed by atoms with Gasteiger partial charge in [-0.15, -0.1) is 0 Å². The van der Waals surface area contributed by atoms with Crippen LogP contribution in [0, 0.1) is 0 Å². The molecule has 0 fully saturated rings. The zero-order valence-corrected chi connectivity index (χ0v) is 9.34. The Labute approximate surface area is 86.4 Å². The second-order valence-electron chi connectivity index (χ2n) is 3.60. The average molecular weight is 244 g/mol. The molecule has 4 heteroatoms. The summed E-state index contributed by atoms with van der Waals surface area (Å²) in [5.41, 5.74) is 8.29. The Bertz CT molecular complexity index is 319. The summed E-state index contributed by atoms with van der Waals surface area (Å²) in [5, 5.41) is 4.49. The van der Waals surface area contributed by atoms with E-state index in [4.69, 9.17) is 5.73 Å². The largest absolute Gasteiger partial charge is 0.330 e. The van der Waals surface area contributed by atoms with Crippen molar-refractivity contribution in [2.45, 2.75) is 25.2 Å². The molecule has 1 atom stereocenters. The maximum atomic E-state index is 5.71. The van der Waals surface area contributed by atoms with Gasteiger partial charge in [-0.1, -0.05) is 0 Å². The maximum absolute atomic E-state index is 5.71. The smallest absolute Gasteiger partial charge is 0.107 e. The van der Waals surface area contributed by atoms with Crippen LogP contribution in [0.25, 0.3) is 0 Å². The molecule has 1 aliphatic carbocycles. The van der Waals surface area contributed by atoms with Crippen LogP contribution in [0.3, 0.4) is 0 Å². The third-order valence-electron chi connectivity index (χ3n) is 2.75. The topological polar surface area (TPSA) is 43.8 Å². The van der Waals surface area contributed by atoms with Gasteiger partial charge in [-0.3, -0.25) is 4.68 Å². The summed E-state index contributed by atoms with van der Waals surface area (Å²) in [6.45, 7) is 0.719. The van der Waals surface area contributed by atoms with Crippen LogP contribution in [0.5, 0.6) is 0 Å². The van der Waals surface area contributed by atoms with Crippen molar-refractivity contribution in [1.82, 2.24) is 9.78 Å². The lowest BCUT2D eigenvalue weighted by atomic mass is 9.88. The first-order valence-corrected chi connectivity index (χ1v) is 5.44. The first-order chi connectivity index (χ1) is 6.24. The lowest BCUT2D eigenvalue weighted by Crippen LogP contribution is -2.18. The predicted molar refractivity (Wildman–Crippen MR) is 55.6 cm³/mol. The molecule has 0 saturated heterocycles. The Kier molecular flexibility index (Phi) is 2.43. The first-order valence-electron chi connectivity index (χ1n) is 4.65. The molecule has 2 rings (SSSR count). The highest BCUT2D eigenvalue weighted by molar-refractivity contribution is 9.10. The zero-order chi connectivity index (χ0) is 9.42. The second-order valence-corrected chi connectivity index (χ2v) is 4.35. The van der Waals surface area contributed by atoms with Gasteiger partial charge < -0.3 is 5.73 Å². The average Bonchev–Trinajstić information content (AvgIpc) is 2.43. The fourth-order valence-corrected chi connectivity index (χ4v) is 2.50. The highest BCUT2D eigenvalue weighted by Crippen LogP contribution is 2.33. The second kappa shape index (κ2) is 3.42. The van der Waals surface area contributed by atoms with Crippen LogP contribution >= 0.6 is 15.9 Å². The fourth-order valence-electron chi connectivity index (χ4n) is 2.02. The Morgan fingerprint density at radius 3 is 3.15 bits per heavy atom. The molecule has 0 bridgehead atoms. The van der Waals surface area contributed by atoms with E-state index in [1.54, 1.807) is 0 Å². The Balaban J connectivity index is 2.45. The van der Waals surface area contributed by atoms with Gasteiger partial charge in [-0.25, -0.2) is 0 Å². The summed E-state index contributed by atoms with van der Waals surface area (Å²) < 4.78 is 3.03. The number of hydrogen-bond donors (Lipinski definition) is 1. The number of hydrogen-bond acceptors (Lipinski definition) is 2. The molecule has 1 aliphatic rings. The summed E-state index contributed by atoms with van der Waals surface area (Å²) in [4.78, 5) is 0. The van der Waals surface area contributed by atoms with E-state index in [0.29, 0.717) is 5.92 Å². The van der Waals surface area contributed by atoms with Gasteiger partial charge in [0, 0.05) is 25.1 Å². The SMILES string of the molecule is Cn1nc2c(c1Br)CCCC2CN. The molecule has 0 radical (unpaired) electrons. The highest BCUT2D eigenvalue weighted by Gasteiger charge is 2.24. The lowest BCUT2D eigenvalue weighted by molar-refractivity contribution is 0.544. The number of rotatable bonds is 1. The molecular weight excluding hydrogens is 230 g/mol. The van der Waals surface area contributed by atoms with E-state index in [-0.39, 0.29) is 0 Å². The quantitative estimate of drug-likeness (QED) is 0.814. The standard InChI is InChI=1S/C9H14BrN3/c1-13-9(10)7-4-2-3-6(5-11)8(7)12-13/h6H,2-5,11H2,1H3. The molecule has 1 aromatic rings. The van der Waals surface area contributed by atoms with E-state index < -0.39 is 0 Å². The molecule has 0 aliphatic heterocycles. The molecule has 13 heavy (non-hydrogen) atoms. The van der Waals surface area contributed by atoms with Crippen LogP contribution in [-0.4, -0.2) is 16.3 Å². The van der Waals surface area contributed by atoms with Crippen molar-refractivity contribution in [1.29, 1.82) is 0 Å². The molecular formula is C9H14BrN3. The number of fused-ring (bicyclic) bond motifs is 1. The van der Waals surface area contributed by atoms with Crippen LogP contribution in [0.1, 0.15) is 30.0 Å². The van der Waals surface area contributed by atoms with Gasteiger partial charge in [0.2, 0.25) is 0 Å². The van der Waals surface area contributed by atoms with Crippen molar-refractivity contribution < 1.29 is 0 Å². The molecule has 1 unspecified atom stereocenters. The minimum absolute atomic E-state index is 0.473. The predicted octanol–water partition coefficient (Wildman–Crippen LogP) is 1.56. The number of aryl methyl sites for hydroxylation is 1. The lowest BCUT2D eigenvalue weighted by Gasteiger charge is -2.19. The van der Waals surface area contributed by atoms with E-state index in [9.17, 15) is 0 Å². The molecule has 72 valence electrons.